The Labute approximate surface area is 146 Å². The smallest absolute Gasteiger partial charge is 0.193 e. The number of hydrogen-bond acceptors (Lipinski definition) is 3. The molecule has 6 heteroatoms. The van der Waals surface area contributed by atoms with Crippen molar-refractivity contribution in [2.24, 2.45) is 4.99 Å². The lowest BCUT2D eigenvalue weighted by molar-refractivity contribution is 0.803. The van der Waals surface area contributed by atoms with E-state index in [0.717, 1.165) is 29.6 Å². The molecule has 2 aromatic heterocycles. The molecule has 0 spiro atoms. The highest BCUT2D eigenvalue weighted by atomic mass is 32.1. The number of hydrogen-bond donors (Lipinski definition) is 2. The number of aliphatic imine (C=N–C) groups is 1. The molecule has 0 radical (unpaired) electrons. The quantitative estimate of drug-likeness (QED) is 0.535. The lowest BCUT2D eigenvalue weighted by atomic mass is 10.1. The summed E-state index contributed by atoms with van der Waals surface area (Å²) in [6.45, 7) is 6.42. The van der Waals surface area contributed by atoms with Crippen LogP contribution in [0.1, 0.15) is 30.7 Å². The Hall–Kier alpha value is -2.34. The Morgan fingerprint density at radius 1 is 1.21 bits per heavy atom. The molecule has 0 unspecified atom stereocenters. The van der Waals surface area contributed by atoms with Gasteiger partial charge in [-0.05, 0) is 24.5 Å². The number of guanidine groups is 1. The molecule has 126 valence electrons. The second kappa shape index (κ2) is 7.97. The van der Waals surface area contributed by atoms with E-state index in [1.54, 1.807) is 11.3 Å². The summed E-state index contributed by atoms with van der Waals surface area (Å²) in [6.07, 6.45) is 5.10. The maximum Gasteiger partial charge on any atom is 0.193 e. The zero-order valence-electron chi connectivity index (χ0n) is 14.1. The molecule has 5 nitrogen and oxygen atoms in total. The highest BCUT2D eigenvalue weighted by molar-refractivity contribution is 7.15. The van der Waals surface area contributed by atoms with Gasteiger partial charge in [0.2, 0.25) is 0 Å². The van der Waals surface area contributed by atoms with Crippen molar-refractivity contribution in [1.29, 1.82) is 0 Å². The fourth-order valence-corrected chi connectivity index (χ4v) is 3.32. The van der Waals surface area contributed by atoms with Gasteiger partial charge in [-0.25, -0.2) is 9.98 Å². The van der Waals surface area contributed by atoms with Crippen LogP contribution >= 0.6 is 11.3 Å². The number of nitrogens with zero attached hydrogens (tertiary/aromatic N) is 3. The maximum atomic E-state index is 4.71. The average molecular weight is 341 g/mol. The normalized spacial score (nSPS) is 11.8. The largest absolute Gasteiger partial charge is 0.357 e. The fraction of sp³-hybridized carbons (Fsp3) is 0.333. The Morgan fingerprint density at radius 2 is 2.04 bits per heavy atom. The minimum Gasteiger partial charge on any atom is -0.357 e. The van der Waals surface area contributed by atoms with Crippen molar-refractivity contribution < 1.29 is 0 Å². The average Bonchev–Trinajstić information content (AvgIpc) is 3.19. The van der Waals surface area contributed by atoms with Gasteiger partial charge in [0.1, 0.15) is 0 Å². The molecular weight excluding hydrogens is 318 g/mol. The number of benzene rings is 1. The monoisotopic (exact) mass is 341 g/mol. The van der Waals surface area contributed by atoms with E-state index in [-0.39, 0.29) is 0 Å². The van der Waals surface area contributed by atoms with E-state index < -0.39 is 0 Å². The van der Waals surface area contributed by atoms with Crippen LogP contribution in [0.5, 0.6) is 0 Å². The fourth-order valence-electron chi connectivity index (χ4n) is 2.60. The molecule has 0 saturated heterocycles. The predicted octanol–water partition coefficient (Wildman–Crippen LogP) is 3.21. The van der Waals surface area contributed by atoms with Gasteiger partial charge in [0.25, 0.3) is 0 Å². The van der Waals surface area contributed by atoms with E-state index in [0.29, 0.717) is 13.1 Å². The van der Waals surface area contributed by atoms with Crippen molar-refractivity contribution in [3.8, 4) is 0 Å². The molecule has 0 bridgehead atoms. The molecule has 0 amide bonds. The van der Waals surface area contributed by atoms with Gasteiger partial charge in [-0.1, -0.05) is 31.2 Å². The second-order valence-electron chi connectivity index (χ2n) is 5.50. The summed E-state index contributed by atoms with van der Waals surface area (Å²) in [6, 6.07) is 8.47. The predicted molar refractivity (Wildman–Crippen MR) is 101 cm³/mol. The van der Waals surface area contributed by atoms with Crippen LogP contribution in [0.15, 0.2) is 47.0 Å². The molecule has 24 heavy (non-hydrogen) atoms. The summed E-state index contributed by atoms with van der Waals surface area (Å²) in [5.74, 6) is 0.819. The minimum atomic E-state index is 0.662. The third-order valence-electron chi connectivity index (χ3n) is 3.83. The first-order valence-electron chi connectivity index (χ1n) is 8.30. The van der Waals surface area contributed by atoms with Crippen molar-refractivity contribution in [2.45, 2.75) is 33.4 Å². The first kappa shape index (κ1) is 16.5. The van der Waals surface area contributed by atoms with Gasteiger partial charge in [-0.3, -0.25) is 4.40 Å². The Morgan fingerprint density at radius 3 is 2.79 bits per heavy atom. The van der Waals surface area contributed by atoms with Crippen molar-refractivity contribution in [1.82, 2.24) is 20.0 Å². The zero-order chi connectivity index (χ0) is 16.8. The lowest BCUT2D eigenvalue weighted by Gasteiger charge is -2.11. The number of aromatic nitrogens is 2. The highest BCUT2D eigenvalue weighted by Gasteiger charge is 2.04. The maximum absolute atomic E-state index is 4.71. The third kappa shape index (κ3) is 3.94. The summed E-state index contributed by atoms with van der Waals surface area (Å²) in [4.78, 5) is 10.3. The van der Waals surface area contributed by atoms with Crippen LogP contribution in [-0.2, 0) is 19.5 Å². The SMILES string of the molecule is CCNC(=NCc1ccccc1CC)NCc1cn2ccsc2n1. The van der Waals surface area contributed by atoms with E-state index in [1.165, 1.54) is 11.1 Å². The number of rotatable bonds is 6. The van der Waals surface area contributed by atoms with Gasteiger partial charge in [0.05, 0.1) is 18.8 Å². The molecule has 3 rings (SSSR count). The van der Waals surface area contributed by atoms with Crippen LogP contribution in [0.3, 0.4) is 0 Å². The molecule has 1 aromatic carbocycles. The topological polar surface area (TPSA) is 53.7 Å². The Bertz CT molecular complexity index is 789. The molecule has 2 N–H and O–H groups in total. The van der Waals surface area contributed by atoms with Crippen molar-refractivity contribution >= 4 is 22.3 Å². The van der Waals surface area contributed by atoms with Crippen molar-refractivity contribution in [3.63, 3.8) is 0 Å². The number of aryl methyl sites for hydroxylation is 1. The Balaban J connectivity index is 1.65. The lowest BCUT2D eigenvalue weighted by Crippen LogP contribution is -2.36. The van der Waals surface area contributed by atoms with E-state index in [1.807, 2.05) is 16.0 Å². The second-order valence-corrected chi connectivity index (χ2v) is 6.37. The highest BCUT2D eigenvalue weighted by Crippen LogP contribution is 2.12. The number of imidazole rings is 1. The first-order chi connectivity index (χ1) is 11.8. The molecule has 3 aromatic rings. The molecule has 0 saturated carbocycles. The van der Waals surface area contributed by atoms with Gasteiger partial charge in [0, 0.05) is 24.3 Å². The molecule has 0 aliphatic carbocycles. The van der Waals surface area contributed by atoms with Crippen LogP contribution in [0.4, 0.5) is 0 Å². The van der Waals surface area contributed by atoms with E-state index >= 15 is 0 Å². The van der Waals surface area contributed by atoms with E-state index in [9.17, 15) is 0 Å². The molecule has 2 heterocycles. The third-order valence-corrected chi connectivity index (χ3v) is 4.60. The van der Waals surface area contributed by atoms with Crippen LogP contribution in [0, 0.1) is 0 Å². The van der Waals surface area contributed by atoms with Crippen molar-refractivity contribution in [2.75, 3.05) is 6.54 Å². The van der Waals surface area contributed by atoms with Crippen LogP contribution < -0.4 is 10.6 Å². The molecule has 0 aliphatic heterocycles. The number of thiazole rings is 1. The van der Waals surface area contributed by atoms with Gasteiger partial charge in [-0.15, -0.1) is 11.3 Å². The molecule has 0 fully saturated rings. The van der Waals surface area contributed by atoms with E-state index in [4.69, 9.17) is 4.99 Å². The number of nitrogens with one attached hydrogen (secondary N) is 2. The van der Waals surface area contributed by atoms with Crippen LogP contribution in [0.25, 0.3) is 4.96 Å². The molecule has 0 aliphatic rings. The van der Waals surface area contributed by atoms with Gasteiger partial charge in [0.15, 0.2) is 10.9 Å². The summed E-state index contributed by atoms with van der Waals surface area (Å²) >= 11 is 1.64. The molecule has 0 atom stereocenters. The first-order valence-corrected chi connectivity index (χ1v) is 9.18. The van der Waals surface area contributed by atoms with E-state index in [2.05, 4.69) is 59.9 Å². The summed E-state index contributed by atoms with van der Waals surface area (Å²) in [5.41, 5.74) is 3.65. The van der Waals surface area contributed by atoms with Crippen LogP contribution in [0.2, 0.25) is 0 Å². The van der Waals surface area contributed by atoms with Gasteiger partial charge >= 0.3 is 0 Å². The molecular formula is C18H23N5S. The number of fused-ring (bicyclic) bond motifs is 1. The summed E-state index contributed by atoms with van der Waals surface area (Å²) in [7, 11) is 0. The van der Waals surface area contributed by atoms with Crippen LogP contribution in [-0.4, -0.2) is 21.9 Å². The van der Waals surface area contributed by atoms with Gasteiger partial charge < -0.3 is 10.6 Å². The summed E-state index contributed by atoms with van der Waals surface area (Å²) in [5, 5.41) is 8.70. The minimum absolute atomic E-state index is 0.662. The summed E-state index contributed by atoms with van der Waals surface area (Å²) < 4.78 is 2.04. The zero-order valence-corrected chi connectivity index (χ0v) is 14.9. The standard InChI is InChI=1S/C18H23N5S/c1-3-14-7-5-6-8-15(14)11-20-17(19-4-2)21-12-16-13-23-9-10-24-18(23)22-16/h5-10,13H,3-4,11-12H2,1-2H3,(H2,19,20,21). The van der Waals surface area contributed by atoms with Crippen molar-refractivity contribution in [3.05, 3.63) is 58.9 Å². The Kier molecular flexibility index (Phi) is 5.48. The van der Waals surface area contributed by atoms with Gasteiger partial charge in [-0.2, -0.15) is 0 Å².